The minimum atomic E-state index is -0.0311. The largest absolute Gasteiger partial charge is 0.325 e. The summed E-state index contributed by atoms with van der Waals surface area (Å²) in [4.78, 5) is 12.0. The molecule has 0 bridgehead atoms. The maximum atomic E-state index is 12.0. The van der Waals surface area contributed by atoms with Crippen LogP contribution in [0.25, 0.3) is 0 Å². The van der Waals surface area contributed by atoms with Crippen molar-refractivity contribution in [3.05, 3.63) is 62.5 Å². The molecular weight excluding hydrogens is 370 g/mol. The average Bonchev–Trinajstić information content (AvgIpc) is 2.36. The van der Waals surface area contributed by atoms with Crippen molar-refractivity contribution in [1.29, 1.82) is 0 Å². The first-order valence-corrected chi connectivity index (χ1v) is 7.44. The summed E-state index contributed by atoms with van der Waals surface area (Å²) in [6.07, 6.45) is 0.349. The first kappa shape index (κ1) is 14.3. The normalized spacial score (nSPS) is 10.3. The zero-order valence-corrected chi connectivity index (χ0v) is 13.6. The van der Waals surface area contributed by atoms with Crippen molar-refractivity contribution in [3.63, 3.8) is 0 Å². The molecule has 0 aliphatic rings. The number of hydrogen-bond acceptors (Lipinski definition) is 1. The Bertz CT molecular complexity index is 611. The fourth-order valence-electron chi connectivity index (χ4n) is 1.73. The van der Waals surface area contributed by atoms with E-state index in [-0.39, 0.29) is 5.91 Å². The summed E-state index contributed by atoms with van der Waals surface area (Å²) < 4.78 is 1.85. The molecule has 0 aromatic heterocycles. The Balaban J connectivity index is 2.08. The zero-order chi connectivity index (χ0) is 13.8. The van der Waals surface area contributed by atoms with Crippen LogP contribution in [0.3, 0.4) is 0 Å². The van der Waals surface area contributed by atoms with Gasteiger partial charge in [-0.25, -0.2) is 0 Å². The van der Waals surface area contributed by atoms with Gasteiger partial charge in [0.1, 0.15) is 0 Å². The Hall–Kier alpha value is -1.13. The van der Waals surface area contributed by atoms with Crippen LogP contribution >= 0.6 is 31.9 Å². The number of benzene rings is 2. The predicted octanol–water partition coefficient (Wildman–Crippen LogP) is 4.70. The molecule has 1 amide bonds. The maximum absolute atomic E-state index is 12.0. The molecule has 19 heavy (non-hydrogen) atoms. The van der Waals surface area contributed by atoms with Crippen LogP contribution in [0.1, 0.15) is 11.1 Å². The third kappa shape index (κ3) is 3.91. The second kappa shape index (κ2) is 6.35. The highest BCUT2D eigenvalue weighted by Crippen LogP contribution is 2.24. The van der Waals surface area contributed by atoms with Crippen molar-refractivity contribution in [2.45, 2.75) is 13.3 Å². The first-order valence-electron chi connectivity index (χ1n) is 5.85. The summed E-state index contributed by atoms with van der Waals surface area (Å²) in [5.74, 6) is -0.0311. The monoisotopic (exact) mass is 381 g/mol. The Morgan fingerprint density at radius 1 is 1.11 bits per heavy atom. The third-order valence-corrected chi connectivity index (χ3v) is 4.14. The van der Waals surface area contributed by atoms with Gasteiger partial charge in [-0.15, -0.1) is 0 Å². The van der Waals surface area contributed by atoms with Crippen LogP contribution in [0.2, 0.25) is 0 Å². The highest BCUT2D eigenvalue weighted by molar-refractivity contribution is 9.10. The van der Waals surface area contributed by atoms with E-state index >= 15 is 0 Å². The molecule has 0 heterocycles. The van der Waals surface area contributed by atoms with Crippen molar-refractivity contribution in [1.82, 2.24) is 0 Å². The van der Waals surface area contributed by atoms with Gasteiger partial charge in [0, 0.05) is 8.95 Å². The van der Waals surface area contributed by atoms with E-state index in [9.17, 15) is 4.79 Å². The van der Waals surface area contributed by atoms with Gasteiger partial charge in [0.25, 0.3) is 0 Å². The number of nitrogens with one attached hydrogen (secondary N) is 1. The molecule has 98 valence electrons. The van der Waals surface area contributed by atoms with Gasteiger partial charge in [-0.2, -0.15) is 0 Å². The Morgan fingerprint density at radius 2 is 1.84 bits per heavy atom. The minimum Gasteiger partial charge on any atom is -0.325 e. The average molecular weight is 383 g/mol. The van der Waals surface area contributed by atoms with Crippen molar-refractivity contribution < 1.29 is 4.79 Å². The molecule has 1 N–H and O–H groups in total. The molecule has 2 rings (SSSR count). The van der Waals surface area contributed by atoms with Crippen LogP contribution < -0.4 is 5.32 Å². The Morgan fingerprint density at radius 3 is 2.53 bits per heavy atom. The van der Waals surface area contributed by atoms with Gasteiger partial charge in [-0.05, 0) is 52.2 Å². The number of hydrogen-bond donors (Lipinski definition) is 1. The smallest absolute Gasteiger partial charge is 0.228 e. The summed E-state index contributed by atoms with van der Waals surface area (Å²) in [7, 11) is 0. The SMILES string of the molecule is Cc1ccc(NC(=O)Cc2ccccc2Br)c(Br)c1. The molecule has 0 saturated carbocycles. The number of amides is 1. The Labute approximate surface area is 129 Å². The van der Waals surface area contributed by atoms with E-state index in [0.717, 1.165) is 25.8 Å². The molecular formula is C15H13Br2NO. The van der Waals surface area contributed by atoms with E-state index < -0.39 is 0 Å². The van der Waals surface area contributed by atoms with Crippen LogP contribution in [-0.4, -0.2) is 5.91 Å². The summed E-state index contributed by atoms with van der Waals surface area (Å²) in [5.41, 5.74) is 2.92. The fraction of sp³-hybridized carbons (Fsp3) is 0.133. The quantitative estimate of drug-likeness (QED) is 0.818. The van der Waals surface area contributed by atoms with Crippen LogP contribution in [0.15, 0.2) is 51.4 Å². The summed E-state index contributed by atoms with van der Waals surface area (Å²) in [6, 6.07) is 13.6. The molecule has 0 radical (unpaired) electrons. The number of carbonyl (C=O) groups excluding carboxylic acids is 1. The van der Waals surface area contributed by atoms with Crippen LogP contribution in [0.5, 0.6) is 0 Å². The van der Waals surface area contributed by atoms with Crippen molar-refractivity contribution >= 4 is 43.5 Å². The van der Waals surface area contributed by atoms with Crippen molar-refractivity contribution in [2.24, 2.45) is 0 Å². The zero-order valence-electron chi connectivity index (χ0n) is 10.4. The molecule has 0 atom stereocenters. The van der Waals surface area contributed by atoms with E-state index in [0.29, 0.717) is 6.42 Å². The van der Waals surface area contributed by atoms with Gasteiger partial charge in [0.15, 0.2) is 0 Å². The molecule has 0 saturated heterocycles. The van der Waals surface area contributed by atoms with E-state index in [1.54, 1.807) is 0 Å². The molecule has 2 nitrogen and oxygen atoms in total. The van der Waals surface area contributed by atoms with Gasteiger partial charge in [0.05, 0.1) is 12.1 Å². The van der Waals surface area contributed by atoms with Gasteiger partial charge >= 0.3 is 0 Å². The van der Waals surface area contributed by atoms with Crippen molar-refractivity contribution in [2.75, 3.05) is 5.32 Å². The number of aryl methyl sites for hydroxylation is 1. The first-order chi connectivity index (χ1) is 9.06. The molecule has 0 aliphatic heterocycles. The van der Waals surface area contributed by atoms with Gasteiger partial charge in [-0.1, -0.05) is 40.2 Å². The lowest BCUT2D eigenvalue weighted by Crippen LogP contribution is -2.15. The fourth-order valence-corrected chi connectivity index (χ4v) is 2.75. The molecule has 0 fully saturated rings. The summed E-state index contributed by atoms with van der Waals surface area (Å²) in [6.45, 7) is 2.01. The lowest BCUT2D eigenvalue weighted by molar-refractivity contribution is -0.115. The number of halogens is 2. The topological polar surface area (TPSA) is 29.1 Å². The lowest BCUT2D eigenvalue weighted by atomic mass is 10.1. The van der Waals surface area contributed by atoms with E-state index in [1.807, 2.05) is 49.4 Å². The van der Waals surface area contributed by atoms with Crippen LogP contribution in [0.4, 0.5) is 5.69 Å². The summed E-state index contributed by atoms with van der Waals surface area (Å²) >= 11 is 6.90. The predicted molar refractivity (Wildman–Crippen MR) is 85.4 cm³/mol. The lowest BCUT2D eigenvalue weighted by Gasteiger charge is -2.09. The maximum Gasteiger partial charge on any atom is 0.228 e. The van der Waals surface area contributed by atoms with Crippen molar-refractivity contribution in [3.8, 4) is 0 Å². The summed E-state index contributed by atoms with van der Waals surface area (Å²) in [5, 5.41) is 2.91. The molecule has 4 heteroatoms. The second-order valence-electron chi connectivity index (χ2n) is 4.30. The number of rotatable bonds is 3. The molecule has 0 aliphatic carbocycles. The molecule has 2 aromatic rings. The molecule has 0 unspecified atom stereocenters. The van der Waals surface area contributed by atoms with Gasteiger partial charge in [-0.3, -0.25) is 4.79 Å². The molecule has 2 aromatic carbocycles. The molecule has 0 spiro atoms. The third-order valence-electron chi connectivity index (χ3n) is 2.71. The van der Waals surface area contributed by atoms with E-state index in [2.05, 4.69) is 37.2 Å². The van der Waals surface area contributed by atoms with Crippen LogP contribution in [-0.2, 0) is 11.2 Å². The van der Waals surface area contributed by atoms with Crippen LogP contribution in [0, 0.1) is 6.92 Å². The van der Waals surface area contributed by atoms with Gasteiger partial charge < -0.3 is 5.32 Å². The Kier molecular flexibility index (Phi) is 4.77. The number of carbonyl (C=O) groups is 1. The minimum absolute atomic E-state index is 0.0311. The number of anilines is 1. The highest BCUT2D eigenvalue weighted by Gasteiger charge is 2.08. The standard InChI is InChI=1S/C15H13Br2NO/c1-10-6-7-14(13(17)8-10)18-15(19)9-11-4-2-3-5-12(11)16/h2-8H,9H2,1H3,(H,18,19). The van der Waals surface area contributed by atoms with E-state index in [1.165, 1.54) is 0 Å². The second-order valence-corrected chi connectivity index (χ2v) is 6.01. The van der Waals surface area contributed by atoms with Gasteiger partial charge in [0.2, 0.25) is 5.91 Å². The van der Waals surface area contributed by atoms with E-state index in [4.69, 9.17) is 0 Å². The highest BCUT2D eigenvalue weighted by atomic mass is 79.9.